The summed E-state index contributed by atoms with van der Waals surface area (Å²) < 4.78 is 1.81. The van der Waals surface area contributed by atoms with E-state index in [4.69, 9.17) is 5.73 Å². The standard InChI is InChI=1S/C13H17N5O.2ClH/c1-10(7-14)13(19)17-8-11-3-2-4-16-12(11)18-6-5-15-9-18;;/h2-6,9-10H,7-8,14H2,1H3,(H,17,19);2*1H. The Balaban J connectivity index is 0.00000200. The lowest BCUT2D eigenvalue weighted by molar-refractivity contribution is -0.124. The summed E-state index contributed by atoms with van der Waals surface area (Å²) in [6, 6.07) is 3.77. The number of nitrogens with zero attached hydrogens (tertiary/aromatic N) is 3. The smallest absolute Gasteiger partial charge is 0.224 e. The van der Waals surface area contributed by atoms with Crippen molar-refractivity contribution in [2.45, 2.75) is 13.5 Å². The SMILES string of the molecule is CC(CN)C(=O)NCc1cccnc1-n1ccnc1.Cl.Cl. The second-order valence-electron chi connectivity index (χ2n) is 4.31. The van der Waals surface area contributed by atoms with Gasteiger partial charge in [-0.15, -0.1) is 24.8 Å². The van der Waals surface area contributed by atoms with Crippen molar-refractivity contribution in [3.63, 3.8) is 0 Å². The van der Waals surface area contributed by atoms with Crippen LogP contribution >= 0.6 is 24.8 Å². The molecule has 2 aromatic heterocycles. The maximum absolute atomic E-state index is 11.7. The molecule has 1 amide bonds. The Morgan fingerprint density at radius 2 is 2.19 bits per heavy atom. The molecule has 3 N–H and O–H groups in total. The van der Waals surface area contributed by atoms with Gasteiger partial charge in [0.15, 0.2) is 0 Å². The van der Waals surface area contributed by atoms with E-state index in [1.807, 2.05) is 22.9 Å². The molecule has 0 bridgehead atoms. The molecular weight excluding hydrogens is 313 g/mol. The Bertz CT molecular complexity index is 547. The van der Waals surface area contributed by atoms with Gasteiger partial charge >= 0.3 is 0 Å². The molecule has 6 nitrogen and oxygen atoms in total. The van der Waals surface area contributed by atoms with Gasteiger partial charge < -0.3 is 11.1 Å². The maximum atomic E-state index is 11.7. The van der Waals surface area contributed by atoms with Crippen LogP contribution in [0.2, 0.25) is 0 Å². The molecule has 0 saturated carbocycles. The molecule has 1 atom stereocenters. The summed E-state index contributed by atoms with van der Waals surface area (Å²) in [5.74, 6) is 0.525. The fraction of sp³-hybridized carbons (Fsp3) is 0.308. The van der Waals surface area contributed by atoms with E-state index >= 15 is 0 Å². The van der Waals surface area contributed by atoms with Gasteiger partial charge in [-0.25, -0.2) is 9.97 Å². The van der Waals surface area contributed by atoms with Gasteiger partial charge in [0.1, 0.15) is 12.1 Å². The summed E-state index contributed by atoms with van der Waals surface area (Å²) in [7, 11) is 0. The number of nitrogens with two attached hydrogens (primary N) is 1. The molecule has 0 saturated heterocycles. The largest absolute Gasteiger partial charge is 0.352 e. The van der Waals surface area contributed by atoms with Gasteiger partial charge in [-0.1, -0.05) is 13.0 Å². The van der Waals surface area contributed by atoms with Crippen LogP contribution in [0.3, 0.4) is 0 Å². The van der Waals surface area contributed by atoms with Crippen molar-refractivity contribution in [3.8, 4) is 5.82 Å². The molecule has 0 radical (unpaired) electrons. The van der Waals surface area contributed by atoms with Crippen molar-refractivity contribution in [2.75, 3.05) is 6.54 Å². The van der Waals surface area contributed by atoms with Crippen LogP contribution in [0.5, 0.6) is 0 Å². The summed E-state index contributed by atoms with van der Waals surface area (Å²) in [5.41, 5.74) is 6.39. The molecule has 116 valence electrons. The van der Waals surface area contributed by atoms with E-state index in [1.165, 1.54) is 0 Å². The van der Waals surface area contributed by atoms with Gasteiger partial charge in [-0.3, -0.25) is 9.36 Å². The van der Waals surface area contributed by atoms with E-state index in [9.17, 15) is 4.79 Å². The molecule has 2 rings (SSSR count). The van der Waals surface area contributed by atoms with Crippen molar-refractivity contribution in [2.24, 2.45) is 11.7 Å². The van der Waals surface area contributed by atoms with Crippen molar-refractivity contribution in [1.82, 2.24) is 19.9 Å². The minimum Gasteiger partial charge on any atom is -0.352 e. The average Bonchev–Trinajstić information content (AvgIpc) is 2.98. The number of hydrogen-bond acceptors (Lipinski definition) is 4. The summed E-state index contributed by atoms with van der Waals surface area (Å²) in [5, 5.41) is 2.86. The monoisotopic (exact) mass is 331 g/mol. The highest BCUT2D eigenvalue weighted by Gasteiger charge is 2.11. The van der Waals surface area contributed by atoms with Crippen molar-refractivity contribution in [3.05, 3.63) is 42.6 Å². The number of nitrogens with one attached hydrogen (secondary N) is 1. The first-order valence-corrected chi connectivity index (χ1v) is 6.12. The molecule has 21 heavy (non-hydrogen) atoms. The molecule has 0 spiro atoms. The molecule has 2 aromatic rings. The quantitative estimate of drug-likeness (QED) is 0.865. The zero-order valence-electron chi connectivity index (χ0n) is 11.6. The number of rotatable bonds is 5. The number of carbonyl (C=O) groups excluding carboxylic acids is 1. The van der Waals surface area contributed by atoms with Crippen molar-refractivity contribution < 1.29 is 4.79 Å². The van der Waals surface area contributed by atoms with Crippen LogP contribution in [0.25, 0.3) is 5.82 Å². The summed E-state index contributed by atoms with van der Waals surface area (Å²) in [6.45, 7) is 2.56. The second kappa shape index (κ2) is 9.33. The van der Waals surface area contributed by atoms with Crippen molar-refractivity contribution in [1.29, 1.82) is 0 Å². The van der Waals surface area contributed by atoms with Gasteiger partial charge in [-0.2, -0.15) is 0 Å². The molecule has 1 unspecified atom stereocenters. The molecule has 0 aliphatic carbocycles. The fourth-order valence-corrected chi connectivity index (χ4v) is 1.65. The summed E-state index contributed by atoms with van der Waals surface area (Å²) >= 11 is 0. The number of carbonyl (C=O) groups is 1. The van der Waals surface area contributed by atoms with Gasteiger partial charge in [0.05, 0.1) is 0 Å². The Labute approximate surface area is 136 Å². The molecular formula is C13H19Cl2N5O. The van der Waals surface area contributed by atoms with Crippen LogP contribution in [0, 0.1) is 5.92 Å². The average molecular weight is 332 g/mol. The zero-order valence-corrected chi connectivity index (χ0v) is 13.2. The number of hydrogen-bond donors (Lipinski definition) is 2. The highest BCUT2D eigenvalue weighted by atomic mass is 35.5. The van der Waals surface area contributed by atoms with Crippen LogP contribution in [0.15, 0.2) is 37.1 Å². The predicted molar refractivity (Wildman–Crippen MR) is 85.9 cm³/mol. The van der Waals surface area contributed by atoms with Gasteiger partial charge in [0.2, 0.25) is 5.91 Å². The topological polar surface area (TPSA) is 85.8 Å². The van der Waals surface area contributed by atoms with E-state index in [1.54, 1.807) is 25.6 Å². The number of aromatic nitrogens is 3. The minimum atomic E-state index is -0.187. The molecule has 0 aromatic carbocycles. The minimum absolute atomic E-state index is 0. The lowest BCUT2D eigenvalue weighted by Crippen LogP contribution is -2.33. The van der Waals surface area contributed by atoms with Crippen LogP contribution in [-0.4, -0.2) is 27.0 Å². The van der Waals surface area contributed by atoms with E-state index in [-0.39, 0.29) is 36.6 Å². The lowest BCUT2D eigenvalue weighted by atomic mass is 10.1. The highest BCUT2D eigenvalue weighted by Crippen LogP contribution is 2.10. The maximum Gasteiger partial charge on any atom is 0.224 e. The predicted octanol–water partition coefficient (Wildman–Crippen LogP) is 1.32. The summed E-state index contributed by atoms with van der Waals surface area (Å²) in [4.78, 5) is 20.0. The van der Waals surface area contributed by atoms with Crippen LogP contribution in [-0.2, 0) is 11.3 Å². The summed E-state index contributed by atoms with van der Waals surface area (Å²) in [6.07, 6.45) is 6.89. The van der Waals surface area contributed by atoms with E-state index in [0.29, 0.717) is 13.1 Å². The first kappa shape index (κ1) is 19.4. The third-order valence-corrected chi connectivity index (χ3v) is 2.87. The first-order valence-electron chi connectivity index (χ1n) is 6.12. The number of halogens is 2. The third-order valence-electron chi connectivity index (χ3n) is 2.87. The second-order valence-corrected chi connectivity index (χ2v) is 4.31. The van der Waals surface area contributed by atoms with E-state index < -0.39 is 0 Å². The first-order chi connectivity index (χ1) is 9.22. The van der Waals surface area contributed by atoms with Gasteiger partial charge in [-0.05, 0) is 6.07 Å². The van der Waals surface area contributed by atoms with Crippen LogP contribution in [0.4, 0.5) is 0 Å². The zero-order chi connectivity index (χ0) is 13.7. The number of amides is 1. The van der Waals surface area contributed by atoms with Crippen LogP contribution < -0.4 is 11.1 Å². The molecule has 8 heteroatoms. The highest BCUT2D eigenvalue weighted by molar-refractivity contribution is 5.85. The van der Waals surface area contributed by atoms with E-state index in [0.717, 1.165) is 11.4 Å². The van der Waals surface area contributed by atoms with E-state index in [2.05, 4.69) is 15.3 Å². The molecule has 2 heterocycles. The Hall–Kier alpha value is -1.63. The molecule has 0 aliphatic heterocycles. The fourth-order valence-electron chi connectivity index (χ4n) is 1.65. The van der Waals surface area contributed by atoms with Crippen LogP contribution in [0.1, 0.15) is 12.5 Å². The number of imidazole rings is 1. The third kappa shape index (κ3) is 5.00. The van der Waals surface area contributed by atoms with Gasteiger partial charge in [0, 0.05) is 43.2 Å². The lowest BCUT2D eigenvalue weighted by Gasteiger charge is -2.12. The molecule has 0 fully saturated rings. The normalized spacial score (nSPS) is 11.0. The number of pyridine rings is 1. The van der Waals surface area contributed by atoms with Crippen molar-refractivity contribution >= 4 is 30.7 Å². The van der Waals surface area contributed by atoms with Gasteiger partial charge in [0.25, 0.3) is 0 Å². The Morgan fingerprint density at radius 1 is 1.43 bits per heavy atom. The Morgan fingerprint density at radius 3 is 2.81 bits per heavy atom. The molecule has 0 aliphatic rings. The Kier molecular flexibility index (Phi) is 8.61.